The molecule has 0 N–H and O–H groups in total. The number of unbranched alkanes of at least 4 members (excludes halogenated alkanes) is 2. The van der Waals surface area contributed by atoms with Crippen molar-refractivity contribution in [2.45, 2.75) is 108 Å². The summed E-state index contributed by atoms with van der Waals surface area (Å²) in [5.41, 5.74) is 0. The minimum absolute atomic E-state index is 0.612. The lowest BCUT2D eigenvalue weighted by molar-refractivity contribution is 0.137. The Hall–Kier alpha value is -0.500. The highest BCUT2D eigenvalue weighted by molar-refractivity contribution is 7.99. The standard InChI is InChI=1S/C27H43FS/c1-2-3-5-8-22-11-16-24(17-12-22)25-18-13-23(14-19-25)15-20-26(28)21-29-27-9-6-4-7-10-27/h4,6-7,9-10,22-26H,2-3,5,8,11-21H2,1H3. The molecule has 1 unspecified atom stereocenters. The molecule has 0 spiro atoms. The van der Waals surface area contributed by atoms with Gasteiger partial charge in [-0.1, -0.05) is 76.5 Å². The molecule has 1 aromatic rings. The van der Waals surface area contributed by atoms with Crippen LogP contribution >= 0.6 is 11.8 Å². The second-order valence-electron chi connectivity index (χ2n) is 9.86. The van der Waals surface area contributed by atoms with Gasteiger partial charge in [0.15, 0.2) is 0 Å². The Morgan fingerprint density at radius 2 is 1.41 bits per heavy atom. The first-order chi connectivity index (χ1) is 14.2. The molecular formula is C27H43FS. The molecule has 3 rings (SSSR count). The van der Waals surface area contributed by atoms with Crippen molar-refractivity contribution in [1.29, 1.82) is 0 Å². The molecule has 0 saturated heterocycles. The number of thioether (sulfide) groups is 1. The summed E-state index contributed by atoms with van der Waals surface area (Å²) in [6.07, 6.45) is 18.5. The fourth-order valence-corrected chi connectivity index (χ4v) is 6.67. The van der Waals surface area contributed by atoms with Crippen LogP contribution in [0.2, 0.25) is 0 Å². The Morgan fingerprint density at radius 1 is 0.828 bits per heavy atom. The SMILES string of the molecule is CCCCCC1CCC(C2CCC(CCC(F)CSc3ccccc3)CC2)CC1. The van der Waals surface area contributed by atoms with Gasteiger partial charge < -0.3 is 0 Å². The van der Waals surface area contributed by atoms with Crippen molar-refractivity contribution in [3.05, 3.63) is 30.3 Å². The van der Waals surface area contributed by atoms with E-state index in [4.69, 9.17) is 0 Å². The van der Waals surface area contributed by atoms with Crippen molar-refractivity contribution < 1.29 is 4.39 Å². The summed E-state index contributed by atoms with van der Waals surface area (Å²) in [6, 6.07) is 10.3. The van der Waals surface area contributed by atoms with Gasteiger partial charge in [0, 0.05) is 10.6 Å². The average Bonchev–Trinajstić information content (AvgIpc) is 2.78. The summed E-state index contributed by atoms with van der Waals surface area (Å²) in [5, 5.41) is 0. The third-order valence-electron chi connectivity index (χ3n) is 7.73. The van der Waals surface area contributed by atoms with Gasteiger partial charge in [-0.05, 0) is 74.3 Å². The predicted molar refractivity (Wildman–Crippen MR) is 126 cm³/mol. The molecule has 0 bridgehead atoms. The summed E-state index contributed by atoms with van der Waals surface area (Å²) in [5.74, 6) is 4.43. The van der Waals surface area contributed by atoms with Crippen molar-refractivity contribution >= 4 is 11.8 Å². The first-order valence-corrected chi connectivity index (χ1v) is 13.5. The lowest BCUT2D eigenvalue weighted by Gasteiger charge is -2.38. The fourth-order valence-electron chi connectivity index (χ4n) is 5.78. The van der Waals surface area contributed by atoms with Gasteiger partial charge in [-0.15, -0.1) is 11.8 Å². The predicted octanol–water partition coefficient (Wildman–Crippen LogP) is 9.09. The maximum atomic E-state index is 14.3. The van der Waals surface area contributed by atoms with Crippen molar-refractivity contribution in [3.8, 4) is 0 Å². The van der Waals surface area contributed by atoms with Gasteiger partial charge in [0.2, 0.25) is 0 Å². The van der Waals surface area contributed by atoms with Crippen LogP contribution in [0.3, 0.4) is 0 Å². The van der Waals surface area contributed by atoms with Gasteiger partial charge in [-0.3, -0.25) is 0 Å². The molecule has 1 atom stereocenters. The van der Waals surface area contributed by atoms with Crippen LogP contribution in [-0.4, -0.2) is 11.9 Å². The number of rotatable bonds is 11. The van der Waals surface area contributed by atoms with E-state index in [1.54, 1.807) is 11.8 Å². The highest BCUT2D eigenvalue weighted by atomic mass is 32.2. The number of hydrogen-bond donors (Lipinski definition) is 0. The Bertz CT molecular complexity index is 529. The van der Waals surface area contributed by atoms with Gasteiger partial charge in [-0.2, -0.15) is 0 Å². The van der Waals surface area contributed by atoms with Gasteiger partial charge >= 0.3 is 0 Å². The summed E-state index contributed by atoms with van der Waals surface area (Å²) in [6.45, 7) is 2.31. The molecule has 2 aliphatic carbocycles. The zero-order valence-corrected chi connectivity index (χ0v) is 19.5. The van der Waals surface area contributed by atoms with Crippen molar-refractivity contribution in [3.63, 3.8) is 0 Å². The molecule has 0 aliphatic heterocycles. The molecule has 0 heterocycles. The van der Waals surface area contributed by atoms with Crippen LogP contribution in [0.1, 0.15) is 96.8 Å². The number of alkyl halides is 1. The smallest absolute Gasteiger partial charge is 0.109 e. The number of halogens is 1. The van der Waals surface area contributed by atoms with E-state index in [2.05, 4.69) is 19.1 Å². The molecule has 29 heavy (non-hydrogen) atoms. The van der Waals surface area contributed by atoms with Crippen LogP contribution in [0.25, 0.3) is 0 Å². The summed E-state index contributed by atoms with van der Waals surface area (Å²) in [4.78, 5) is 1.19. The molecule has 0 amide bonds. The topological polar surface area (TPSA) is 0 Å². The van der Waals surface area contributed by atoms with E-state index in [1.807, 2.05) is 18.2 Å². The van der Waals surface area contributed by atoms with Gasteiger partial charge in [0.05, 0.1) is 0 Å². The molecule has 164 valence electrons. The highest BCUT2D eigenvalue weighted by Gasteiger charge is 2.30. The maximum Gasteiger partial charge on any atom is 0.109 e. The molecule has 0 radical (unpaired) electrons. The van der Waals surface area contributed by atoms with Gasteiger partial charge in [0.25, 0.3) is 0 Å². The van der Waals surface area contributed by atoms with Crippen molar-refractivity contribution in [1.82, 2.24) is 0 Å². The van der Waals surface area contributed by atoms with Crippen molar-refractivity contribution in [2.24, 2.45) is 23.7 Å². The largest absolute Gasteiger partial charge is 0.247 e. The molecular weight excluding hydrogens is 375 g/mol. The minimum atomic E-state index is -0.652. The molecule has 1 aromatic carbocycles. The Kier molecular flexibility index (Phi) is 10.4. The Morgan fingerprint density at radius 3 is 2.00 bits per heavy atom. The van der Waals surface area contributed by atoms with E-state index in [0.717, 1.165) is 36.5 Å². The normalized spacial score (nSPS) is 28.9. The summed E-state index contributed by atoms with van der Waals surface area (Å²) in [7, 11) is 0. The number of hydrogen-bond acceptors (Lipinski definition) is 1. The first kappa shape index (κ1) is 23.2. The Balaban J connectivity index is 1.26. The van der Waals surface area contributed by atoms with Crippen molar-refractivity contribution in [2.75, 3.05) is 5.75 Å². The molecule has 0 nitrogen and oxygen atoms in total. The lowest BCUT2D eigenvalue weighted by Crippen LogP contribution is -2.26. The van der Waals surface area contributed by atoms with Gasteiger partial charge in [-0.25, -0.2) is 4.39 Å². The van der Waals surface area contributed by atoms with Crippen LogP contribution in [0.15, 0.2) is 35.2 Å². The zero-order valence-electron chi connectivity index (χ0n) is 18.7. The molecule has 2 fully saturated rings. The van der Waals surface area contributed by atoms with Crippen LogP contribution in [0, 0.1) is 23.7 Å². The van der Waals surface area contributed by atoms with Crippen LogP contribution in [-0.2, 0) is 0 Å². The molecule has 2 heteroatoms. The maximum absolute atomic E-state index is 14.3. The monoisotopic (exact) mass is 418 g/mol. The second-order valence-corrected chi connectivity index (χ2v) is 10.9. The van der Waals surface area contributed by atoms with Gasteiger partial charge in [0.1, 0.15) is 6.17 Å². The summed E-state index contributed by atoms with van der Waals surface area (Å²) < 4.78 is 14.3. The molecule has 2 aliphatic rings. The highest BCUT2D eigenvalue weighted by Crippen LogP contribution is 2.43. The van der Waals surface area contributed by atoms with E-state index >= 15 is 0 Å². The van der Waals surface area contributed by atoms with E-state index in [0.29, 0.717) is 5.75 Å². The minimum Gasteiger partial charge on any atom is -0.247 e. The first-order valence-electron chi connectivity index (χ1n) is 12.6. The quantitative estimate of drug-likeness (QED) is 0.255. The van der Waals surface area contributed by atoms with Crippen LogP contribution in [0.5, 0.6) is 0 Å². The zero-order chi connectivity index (χ0) is 20.3. The summed E-state index contributed by atoms with van der Waals surface area (Å²) >= 11 is 1.67. The third kappa shape index (κ3) is 8.27. The fraction of sp³-hybridized carbons (Fsp3) is 0.778. The molecule has 0 aromatic heterocycles. The number of benzene rings is 1. The average molecular weight is 419 g/mol. The lowest BCUT2D eigenvalue weighted by atomic mass is 9.68. The molecule has 2 saturated carbocycles. The van der Waals surface area contributed by atoms with Crippen LogP contribution < -0.4 is 0 Å². The van der Waals surface area contributed by atoms with Crippen LogP contribution in [0.4, 0.5) is 4.39 Å². The van der Waals surface area contributed by atoms with E-state index in [1.165, 1.54) is 81.9 Å². The van der Waals surface area contributed by atoms with E-state index in [9.17, 15) is 4.39 Å². The third-order valence-corrected chi connectivity index (χ3v) is 8.86. The van der Waals surface area contributed by atoms with E-state index < -0.39 is 6.17 Å². The van der Waals surface area contributed by atoms with E-state index in [-0.39, 0.29) is 0 Å². The second kappa shape index (κ2) is 13.0. The Labute approximate surface area is 183 Å².